The predicted octanol–water partition coefficient (Wildman–Crippen LogP) is 2.43. The van der Waals surface area contributed by atoms with E-state index in [-0.39, 0.29) is 13.0 Å². The Bertz CT molecular complexity index is 637. The molecule has 0 aliphatic heterocycles. The van der Waals surface area contributed by atoms with E-state index < -0.39 is 11.6 Å². The van der Waals surface area contributed by atoms with Crippen molar-refractivity contribution in [3.8, 4) is 0 Å². The van der Waals surface area contributed by atoms with Crippen LogP contribution in [0.2, 0.25) is 0 Å². The Balaban J connectivity index is 2.22. The summed E-state index contributed by atoms with van der Waals surface area (Å²) >= 11 is 0. The zero-order valence-electron chi connectivity index (χ0n) is 14.1. The van der Waals surface area contributed by atoms with Crippen LogP contribution in [0.3, 0.4) is 0 Å². The first-order chi connectivity index (χ1) is 12.1. The Morgan fingerprint density at radius 2 is 1.64 bits per heavy atom. The Morgan fingerprint density at radius 3 is 2.08 bits per heavy atom. The SMILES string of the molecule is CCN(CCC(O)(c1ccccc1)c1ccccc1)C(=O)NOC=O. The van der Waals surface area contributed by atoms with E-state index in [2.05, 4.69) is 4.84 Å². The zero-order valence-corrected chi connectivity index (χ0v) is 14.1. The summed E-state index contributed by atoms with van der Waals surface area (Å²) in [7, 11) is 0. The number of nitrogens with one attached hydrogen (secondary N) is 1. The third-order valence-electron chi connectivity index (χ3n) is 4.11. The van der Waals surface area contributed by atoms with Crippen LogP contribution in [0, 0.1) is 0 Å². The second-order valence-electron chi connectivity index (χ2n) is 5.54. The topological polar surface area (TPSA) is 78.9 Å². The summed E-state index contributed by atoms with van der Waals surface area (Å²) < 4.78 is 0. The van der Waals surface area contributed by atoms with Gasteiger partial charge >= 0.3 is 12.5 Å². The molecule has 0 bridgehead atoms. The molecule has 0 unspecified atom stereocenters. The van der Waals surface area contributed by atoms with E-state index in [0.717, 1.165) is 11.1 Å². The lowest BCUT2D eigenvalue weighted by atomic mass is 9.83. The van der Waals surface area contributed by atoms with Crippen molar-refractivity contribution in [3.63, 3.8) is 0 Å². The van der Waals surface area contributed by atoms with E-state index in [1.807, 2.05) is 73.1 Å². The Hall–Kier alpha value is -2.86. The monoisotopic (exact) mass is 342 g/mol. The number of carbonyl (C=O) groups excluding carboxylic acids is 2. The van der Waals surface area contributed by atoms with Crippen LogP contribution >= 0.6 is 0 Å². The number of hydrogen-bond donors (Lipinski definition) is 2. The number of urea groups is 1. The summed E-state index contributed by atoms with van der Waals surface area (Å²) in [5.74, 6) is 0. The van der Waals surface area contributed by atoms with Gasteiger partial charge in [-0.2, -0.15) is 5.48 Å². The first-order valence-electron chi connectivity index (χ1n) is 8.09. The van der Waals surface area contributed by atoms with Gasteiger partial charge < -0.3 is 14.8 Å². The van der Waals surface area contributed by atoms with Crippen LogP contribution in [0.15, 0.2) is 60.7 Å². The molecule has 2 N–H and O–H groups in total. The molecule has 132 valence electrons. The number of amides is 2. The normalized spacial score (nSPS) is 10.8. The van der Waals surface area contributed by atoms with E-state index in [0.29, 0.717) is 13.0 Å². The molecule has 2 aromatic rings. The molecule has 6 nitrogen and oxygen atoms in total. The van der Waals surface area contributed by atoms with E-state index in [4.69, 9.17) is 0 Å². The van der Waals surface area contributed by atoms with E-state index in [1.54, 1.807) is 0 Å². The minimum atomic E-state index is -1.23. The molecule has 0 heterocycles. The first-order valence-corrected chi connectivity index (χ1v) is 8.09. The van der Waals surface area contributed by atoms with Crippen molar-refractivity contribution in [1.29, 1.82) is 0 Å². The molecule has 0 spiro atoms. The molecule has 2 rings (SSSR count). The minimum Gasteiger partial charge on any atom is -0.380 e. The summed E-state index contributed by atoms with van der Waals surface area (Å²) in [4.78, 5) is 27.9. The molecule has 0 aromatic heterocycles. The minimum absolute atomic E-state index is 0.149. The Morgan fingerprint density at radius 1 is 1.12 bits per heavy atom. The van der Waals surface area contributed by atoms with E-state index >= 15 is 0 Å². The van der Waals surface area contributed by atoms with Crippen LogP contribution in [0.1, 0.15) is 24.5 Å². The van der Waals surface area contributed by atoms with Crippen molar-refractivity contribution in [2.75, 3.05) is 13.1 Å². The molecule has 0 fully saturated rings. The number of carbonyl (C=O) groups is 2. The lowest BCUT2D eigenvalue weighted by Gasteiger charge is -2.32. The van der Waals surface area contributed by atoms with Crippen LogP contribution < -0.4 is 5.48 Å². The van der Waals surface area contributed by atoms with Crippen molar-refractivity contribution in [2.24, 2.45) is 0 Å². The molecule has 0 atom stereocenters. The highest BCUT2D eigenvalue weighted by atomic mass is 16.7. The van der Waals surface area contributed by atoms with Gasteiger partial charge in [0.2, 0.25) is 0 Å². The van der Waals surface area contributed by atoms with Crippen molar-refractivity contribution in [2.45, 2.75) is 18.9 Å². The highest BCUT2D eigenvalue weighted by molar-refractivity contribution is 5.73. The Labute approximate surface area is 147 Å². The van der Waals surface area contributed by atoms with Crippen molar-refractivity contribution in [3.05, 3.63) is 71.8 Å². The largest absolute Gasteiger partial charge is 0.380 e. The number of benzene rings is 2. The zero-order chi connectivity index (χ0) is 18.1. The number of aliphatic hydroxyl groups is 1. The van der Waals surface area contributed by atoms with Crippen LogP contribution in [0.25, 0.3) is 0 Å². The highest BCUT2D eigenvalue weighted by Crippen LogP contribution is 2.33. The van der Waals surface area contributed by atoms with Gasteiger partial charge in [0.05, 0.1) is 0 Å². The number of rotatable bonds is 8. The standard InChI is InChI=1S/C19H22N2O4/c1-2-21(18(23)20-25-15-22)14-13-19(24,16-9-5-3-6-10-16)17-11-7-4-8-12-17/h3-12,15,24H,2,13-14H2,1H3,(H,20,23). The maximum atomic E-state index is 12.0. The maximum absolute atomic E-state index is 12.0. The lowest BCUT2D eigenvalue weighted by Crippen LogP contribution is -2.42. The van der Waals surface area contributed by atoms with Gasteiger partial charge in [-0.05, 0) is 18.1 Å². The number of nitrogens with zero attached hydrogens (tertiary/aromatic N) is 1. The van der Waals surface area contributed by atoms with Crippen molar-refractivity contribution in [1.82, 2.24) is 10.4 Å². The molecule has 0 saturated carbocycles. The molecule has 0 saturated heterocycles. The van der Waals surface area contributed by atoms with E-state index in [1.165, 1.54) is 4.90 Å². The van der Waals surface area contributed by atoms with Crippen LogP contribution in [-0.2, 0) is 15.2 Å². The molecular weight excluding hydrogens is 320 g/mol. The van der Waals surface area contributed by atoms with E-state index in [9.17, 15) is 14.7 Å². The van der Waals surface area contributed by atoms with Gasteiger partial charge in [0.25, 0.3) is 0 Å². The van der Waals surface area contributed by atoms with Crippen LogP contribution in [0.5, 0.6) is 0 Å². The quantitative estimate of drug-likeness (QED) is 0.570. The molecule has 0 aliphatic rings. The van der Waals surface area contributed by atoms with Gasteiger partial charge in [0, 0.05) is 19.5 Å². The third-order valence-corrected chi connectivity index (χ3v) is 4.11. The smallest absolute Gasteiger partial charge is 0.350 e. The number of hydrogen-bond acceptors (Lipinski definition) is 4. The molecule has 6 heteroatoms. The lowest BCUT2D eigenvalue weighted by molar-refractivity contribution is -0.133. The van der Waals surface area contributed by atoms with Crippen molar-refractivity contribution >= 4 is 12.5 Å². The molecule has 25 heavy (non-hydrogen) atoms. The summed E-state index contributed by atoms with van der Waals surface area (Å²) in [6.07, 6.45) is 0.295. The summed E-state index contributed by atoms with van der Waals surface area (Å²) in [6.45, 7) is 2.65. The highest BCUT2D eigenvalue weighted by Gasteiger charge is 2.32. The molecule has 0 radical (unpaired) electrons. The van der Waals surface area contributed by atoms with Gasteiger partial charge in [-0.15, -0.1) is 0 Å². The van der Waals surface area contributed by atoms with Crippen LogP contribution in [0.4, 0.5) is 4.79 Å². The summed E-state index contributed by atoms with van der Waals surface area (Å²) in [5, 5.41) is 11.4. The van der Waals surface area contributed by atoms with Gasteiger partial charge in [0.1, 0.15) is 5.60 Å². The first kappa shape index (κ1) is 18.5. The fraction of sp³-hybridized carbons (Fsp3) is 0.263. The molecular formula is C19H22N2O4. The Kier molecular flexibility index (Phi) is 6.54. The number of hydroxylamine groups is 1. The van der Waals surface area contributed by atoms with Gasteiger partial charge in [-0.1, -0.05) is 60.7 Å². The average molecular weight is 342 g/mol. The maximum Gasteiger partial charge on any atom is 0.350 e. The second-order valence-corrected chi connectivity index (χ2v) is 5.54. The summed E-state index contributed by atoms with van der Waals surface area (Å²) in [5.41, 5.74) is 2.31. The van der Waals surface area contributed by atoms with Gasteiger partial charge in [-0.25, -0.2) is 4.79 Å². The molecule has 2 aromatic carbocycles. The fourth-order valence-corrected chi connectivity index (χ4v) is 2.72. The average Bonchev–Trinajstić information content (AvgIpc) is 2.68. The molecule has 0 aliphatic carbocycles. The fourth-order valence-electron chi connectivity index (χ4n) is 2.72. The van der Waals surface area contributed by atoms with Crippen molar-refractivity contribution < 1.29 is 19.5 Å². The van der Waals surface area contributed by atoms with Gasteiger partial charge in [-0.3, -0.25) is 4.79 Å². The summed E-state index contributed by atoms with van der Waals surface area (Å²) in [6, 6.07) is 18.1. The van der Waals surface area contributed by atoms with Crippen LogP contribution in [-0.4, -0.2) is 35.6 Å². The predicted molar refractivity (Wildman–Crippen MR) is 93.4 cm³/mol. The third kappa shape index (κ3) is 4.58. The second kappa shape index (κ2) is 8.84. The van der Waals surface area contributed by atoms with Gasteiger partial charge in [0.15, 0.2) is 0 Å². The molecule has 2 amide bonds.